The van der Waals surface area contributed by atoms with E-state index in [0.29, 0.717) is 5.69 Å². The summed E-state index contributed by atoms with van der Waals surface area (Å²) < 4.78 is 1.95. The van der Waals surface area contributed by atoms with Gasteiger partial charge >= 0.3 is 0 Å². The average molecular weight is 230 g/mol. The standard InChI is InChI=1S/C13H18N4/c1-4-10-13(12(5-2)17(3)16-10)11-7-6-9(14)8-15-11/h6-8H,4-5,14H2,1-3H3. The third kappa shape index (κ3) is 2.02. The van der Waals surface area contributed by atoms with Crippen molar-refractivity contribution >= 4 is 5.69 Å². The molecule has 0 radical (unpaired) electrons. The Hall–Kier alpha value is -1.84. The molecule has 0 spiro atoms. The van der Waals surface area contributed by atoms with Crippen LogP contribution in [0.4, 0.5) is 5.69 Å². The Morgan fingerprint density at radius 3 is 2.53 bits per heavy atom. The molecule has 2 rings (SSSR count). The maximum atomic E-state index is 5.67. The van der Waals surface area contributed by atoms with Crippen molar-refractivity contribution < 1.29 is 0 Å². The predicted molar refractivity (Wildman–Crippen MR) is 69.6 cm³/mol. The Labute approximate surface area is 101 Å². The lowest BCUT2D eigenvalue weighted by atomic mass is 10.1. The zero-order valence-corrected chi connectivity index (χ0v) is 10.6. The summed E-state index contributed by atoms with van der Waals surface area (Å²) in [5.41, 5.74) is 10.8. The monoisotopic (exact) mass is 230 g/mol. The number of pyridine rings is 1. The minimum atomic E-state index is 0.689. The van der Waals surface area contributed by atoms with Crippen LogP contribution in [0.2, 0.25) is 0 Å². The second kappa shape index (κ2) is 4.57. The first-order valence-electron chi connectivity index (χ1n) is 5.94. The molecule has 0 atom stereocenters. The fourth-order valence-electron chi connectivity index (χ4n) is 2.12. The van der Waals surface area contributed by atoms with Crippen LogP contribution in [0, 0.1) is 0 Å². The van der Waals surface area contributed by atoms with Gasteiger partial charge in [-0.2, -0.15) is 5.10 Å². The Morgan fingerprint density at radius 1 is 1.24 bits per heavy atom. The number of aryl methyl sites for hydroxylation is 2. The molecule has 2 aromatic heterocycles. The molecule has 90 valence electrons. The smallest absolute Gasteiger partial charge is 0.0740 e. The third-order valence-corrected chi connectivity index (χ3v) is 2.95. The Kier molecular flexibility index (Phi) is 3.13. The zero-order valence-electron chi connectivity index (χ0n) is 10.6. The normalized spacial score (nSPS) is 10.8. The van der Waals surface area contributed by atoms with Gasteiger partial charge in [-0.1, -0.05) is 13.8 Å². The largest absolute Gasteiger partial charge is 0.397 e. The fraction of sp³-hybridized carbons (Fsp3) is 0.385. The topological polar surface area (TPSA) is 56.7 Å². The lowest BCUT2D eigenvalue weighted by Gasteiger charge is -2.04. The minimum absolute atomic E-state index is 0.689. The summed E-state index contributed by atoms with van der Waals surface area (Å²) in [6, 6.07) is 3.85. The molecule has 0 saturated carbocycles. The SMILES string of the molecule is CCc1nn(C)c(CC)c1-c1ccc(N)cn1. The van der Waals surface area contributed by atoms with E-state index >= 15 is 0 Å². The quantitative estimate of drug-likeness (QED) is 0.879. The number of hydrogen-bond donors (Lipinski definition) is 1. The number of nitrogens with two attached hydrogens (primary N) is 1. The number of rotatable bonds is 3. The molecule has 0 aromatic carbocycles. The van der Waals surface area contributed by atoms with Crippen LogP contribution in [-0.2, 0) is 19.9 Å². The van der Waals surface area contributed by atoms with Crippen LogP contribution < -0.4 is 5.73 Å². The van der Waals surface area contributed by atoms with Crippen LogP contribution in [0.25, 0.3) is 11.3 Å². The molecule has 0 saturated heterocycles. The molecule has 4 heteroatoms. The Balaban J connectivity index is 2.60. The first-order chi connectivity index (χ1) is 8.17. The van der Waals surface area contributed by atoms with Gasteiger partial charge in [0.1, 0.15) is 0 Å². The molecule has 0 aliphatic rings. The van der Waals surface area contributed by atoms with Crippen molar-refractivity contribution in [3.8, 4) is 11.3 Å². The molecule has 17 heavy (non-hydrogen) atoms. The highest BCUT2D eigenvalue weighted by atomic mass is 15.3. The van der Waals surface area contributed by atoms with Gasteiger partial charge in [-0.05, 0) is 25.0 Å². The lowest BCUT2D eigenvalue weighted by molar-refractivity contribution is 0.705. The minimum Gasteiger partial charge on any atom is -0.397 e. The van der Waals surface area contributed by atoms with Gasteiger partial charge in [-0.3, -0.25) is 9.67 Å². The van der Waals surface area contributed by atoms with Crippen molar-refractivity contribution in [3.05, 3.63) is 29.7 Å². The van der Waals surface area contributed by atoms with Gasteiger partial charge in [-0.15, -0.1) is 0 Å². The summed E-state index contributed by atoms with van der Waals surface area (Å²) in [5, 5.41) is 4.54. The molecular formula is C13H18N4. The van der Waals surface area contributed by atoms with Crippen molar-refractivity contribution in [2.75, 3.05) is 5.73 Å². The van der Waals surface area contributed by atoms with E-state index in [2.05, 4.69) is 23.9 Å². The van der Waals surface area contributed by atoms with E-state index < -0.39 is 0 Å². The highest BCUT2D eigenvalue weighted by molar-refractivity contribution is 5.66. The second-order valence-electron chi connectivity index (χ2n) is 4.08. The van der Waals surface area contributed by atoms with Gasteiger partial charge in [0.15, 0.2) is 0 Å². The highest BCUT2D eigenvalue weighted by Gasteiger charge is 2.16. The van der Waals surface area contributed by atoms with Gasteiger partial charge in [0.25, 0.3) is 0 Å². The number of hydrogen-bond acceptors (Lipinski definition) is 3. The molecule has 2 aromatic rings. The Morgan fingerprint density at radius 2 is 2.00 bits per heavy atom. The summed E-state index contributed by atoms with van der Waals surface area (Å²) in [4.78, 5) is 4.40. The molecule has 2 heterocycles. The van der Waals surface area contributed by atoms with Crippen molar-refractivity contribution in [3.63, 3.8) is 0 Å². The summed E-state index contributed by atoms with van der Waals surface area (Å²) in [5.74, 6) is 0. The molecule has 0 unspecified atom stereocenters. The maximum absolute atomic E-state index is 5.67. The molecule has 0 bridgehead atoms. The van der Waals surface area contributed by atoms with Crippen LogP contribution in [0.1, 0.15) is 25.2 Å². The molecule has 0 fully saturated rings. The van der Waals surface area contributed by atoms with E-state index in [9.17, 15) is 0 Å². The van der Waals surface area contributed by atoms with Gasteiger partial charge in [0.05, 0.1) is 23.3 Å². The van der Waals surface area contributed by atoms with Gasteiger partial charge < -0.3 is 5.73 Å². The van der Waals surface area contributed by atoms with Gasteiger partial charge in [0.2, 0.25) is 0 Å². The molecule has 4 nitrogen and oxygen atoms in total. The first-order valence-corrected chi connectivity index (χ1v) is 5.94. The summed E-state index contributed by atoms with van der Waals surface area (Å²) in [6.07, 6.45) is 3.56. The van der Waals surface area contributed by atoms with Crippen LogP contribution in [0.3, 0.4) is 0 Å². The number of aromatic nitrogens is 3. The Bertz CT molecular complexity index is 511. The van der Waals surface area contributed by atoms with E-state index in [-0.39, 0.29) is 0 Å². The predicted octanol–water partition coefficient (Wildman–Crippen LogP) is 2.19. The van der Waals surface area contributed by atoms with E-state index in [4.69, 9.17) is 5.73 Å². The second-order valence-corrected chi connectivity index (χ2v) is 4.08. The van der Waals surface area contributed by atoms with Crippen molar-refractivity contribution in [2.24, 2.45) is 7.05 Å². The van der Waals surface area contributed by atoms with Gasteiger partial charge in [0, 0.05) is 18.3 Å². The maximum Gasteiger partial charge on any atom is 0.0740 e. The van der Waals surface area contributed by atoms with Crippen molar-refractivity contribution in [1.29, 1.82) is 0 Å². The number of nitrogens with zero attached hydrogens (tertiary/aromatic N) is 3. The zero-order chi connectivity index (χ0) is 12.4. The lowest BCUT2D eigenvalue weighted by Crippen LogP contribution is -1.97. The first kappa shape index (κ1) is 11.6. The van der Waals surface area contributed by atoms with Gasteiger partial charge in [-0.25, -0.2) is 0 Å². The molecule has 0 aliphatic carbocycles. The van der Waals surface area contributed by atoms with E-state index in [1.165, 1.54) is 5.69 Å². The number of anilines is 1. The van der Waals surface area contributed by atoms with Crippen LogP contribution in [-0.4, -0.2) is 14.8 Å². The highest BCUT2D eigenvalue weighted by Crippen LogP contribution is 2.26. The summed E-state index contributed by atoms with van der Waals surface area (Å²) in [6.45, 7) is 4.25. The van der Waals surface area contributed by atoms with Crippen molar-refractivity contribution in [2.45, 2.75) is 26.7 Å². The molecular weight excluding hydrogens is 212 g/mol. The van der Waals surface area contributed by atoms with E-state index in [1.807, 2.05) is 23.9 Å². The molecule has 0 amide bonds. The van der Waals surface area contributed by atoms with Crippen LogP contribution in [0.5, 0.6) is 0 Å². The van der Waals surface area contributed by atoms with E-state index in [1.54, 1.807) is 6.20 Å². The average Bonchev–Trinajstić information content (AvgIpc) is 2.66. The number of nitrogen functional groups attached to an aromatic ring is 1. The summed E-state index contributed by atoms with van der Waals surface area (Å²) in [7, 11) is 1.98. The third-order valence-electron chi connectivity index (χ3n) is 2.95. The van der Waals surface area contributed by atoms with Crippen LogP contribution in [0.15, 0.2) is 18.3 Å². The van der Waals surface area contributed by atoms with Crippen molar-refractivity contribution in [1.82, 2.24) is 14.8 Å². The fourth-order valence-corrected chi connectivity index (χ4v) is 2.12. The molecule has 2 N–H and O–H groups in total. The van der Waals surface area contributed by atoms with Crippen LogP contribution >= 0.6 is 0 Å². The summed E-state index contributed by atoms with van der Waals surface area (Å²) >= 11 is 0. The molecule has 0 aliphatic heterocycles. The van der Waals surface area contributed by atoms with E-state index in [0.717, 1.165) is 29.8 Å².